The van der Waals surface area contributed by atoms with Gasteiger partial charge in [-0.15, -0.1) is 0 Å². The molecule has 2 rings (SSSR count). The lowest BCUT2D eigenvalue weighted by molar-refractivity contribution is -0.131. The molecule has 1 aromatic rings. The van der Waals surface area contributed by atoms with Crippen LogP contribution < -0.4 is 0 Å². The number of amides is 1. The summed E-state index contributed by atoms with van der Waals surface area (Å²) in [6.45, 7) is 5.95. The van der Waals surface area contributed by atoms with Gasteiger partial charge in [-0.05, 0) is 44.2 Å². The minimum atomic E-state index is 0.301. The molecule has 2 atom stereocenters. The number of unbranched alkanes of at least 4 members (excludes halogenated alkanes) is 1. The summed E-state index contributed by atoms with van der Waals surface area (Å²) in [5.74, 6) is 0.791. The molecular weight excluding hydrogens is 262 g/mol. The average molecular weight is 289 g/mol. The molecule has 1 aromatic carbocycles. The van der Waals surface area contributed by atoms with E-state index < -0.39 is 0 Å². The Kier molecular flexibility index (Phi) is 5.80. The van der Waals surface area contributed by atoms with Gasteiger partial charge in [-0.25, -0.2) is 0 Å². The van der Waals surface area contributed by atoms with Crippen molar-refractivity contribution < 1.29 is 9.53 Å². The summed E-state index contributed by atoms with van der Waals surface area (Å²) in [5.41, 5.74) is 2.74. The summed E-state index contributed by atoms with van der Waals surface area (Å²) < 4.78 is 5.03. The van der Waals surface area contributed by atoms with E-state index >= 15 is 0 Å². The van der Waals surface area contributed by atoms with Crippen molar-refractivity contribution >= 4 is 5.91 Å². The fourth-order valence-corrected chi connectivity index (χ4v) is 3.31. The zero-order chi connectivity index (χ0) is 15.2. The van der Waals surface area contributed by atoms with Crippen LogP contribution in [0.1, 0.15) is 49.7 Å². The quantitative estimate of drug-likeness (QED) is 0.750. The minimum absolute atomic E-state index is 0.301. The number of ether oxygens (including phenoxy) is 1. The average Bonchev–Trinajstić information content (AvgIpc) is 2.86. The number of benzene rings is 1. The Bertz CT molecular complexity index is 472. The number of rotatable bonds is 6. The zero-order valence-electron chi connectivity index (χ0n) is 13.5. The highest BCUT2D eigenvalue weighted by atomic mass is 16.5. The molecule has 3 nitrogen and oxygen atoms in total. The lowest BCUT2D eigenvalue weighted by Crippen LogP contribution is -2.33. The maximum absolute atomic E-state index is 12.4. The first-order valence-electron chi connectivity index (χ1n) is 7.97. The second-order valence-corrected chi connectivity index (χ2v) is 6.13. The number of carbonyl (C=O) groups is 1. The molecule has 1 aliphatic heterocycles. The van der Waals surface area contributed by atoms with Crippen LogP contribution in [-0.4, -0.2) is 37.1 Å². The number of nitrogens with zero attached hydrogens (tertiary/aromatic N) is 1. The van der Waals surface area contributed by atoms with Gasteiger partial charge in [-0.3, -0.25) is 4.79 Å². The molecule has 0 radical (unpaired) electrons. The summed E-state index contributed by atoms with van der Waals surface area (Å²) in [4.78, 5) is 14.4. The van der Waals surface area contributed by atoms with Gasteiger partial charge in [0.1, 0.15) is 0 Å². The molecule has 0 unspecified atom stereocenters. The molecule has 1 fully saturated rings. The third-order valence-corrected chi connectivity index (χ3v) is 4.51. The maximum atomic E-state index is 12.4. The molecule has 0 bridgehead atoms. The molecule has 0 spiro atoms. The largest absolute Gasteiger partial charge is 0.385 e. The molecule has 21 heavy (non-hydrogen) atoms. The number of hydrogen-bond donors (Lipinski definition) is 0. The van der Waals surface area contributed by atoms with Crippen LogP contribution in [0.5, 0.6) is 0 Å². The highest BCUT2D eigenvalue weighted by Crippen LogP contribution is 2.33. The Hall–Kier alpha value is -1.35. The topological polar surface area (TPSA) is 29.5 Å². The highest BCUT2D eigenvalue weighted by molar-refractivity contribution is 5.77. The molecule has 116 valence electrons. The fourth-order valence-electron chi connectivity index (χ4n) is 3.31. The lowest BCUT2D eigenvalue weighted by atomic mass is 9.93. The molecular formula is C18H27NO2. The SMILES string of the molecule is COCCCCC(=O)N1C[C@@H](c2ccccc2C)C[C@H]1C. The van der Waals surface area contributed by atoms with Gasteiger partial charge in [-0.1, -0.05) is 24.3 Å². The first-order valence-corrected chi connectivity index (χ1v) is 7.97. The molecule has 1 aliphatic rings. The second-order valence-electron chi connectivity index (χ2n) is 6.13. The molecule has 0 N–H and O–H groups in total. The monoisotopic (exact) mass is 289 g/mol. The van der Waals surface area contributed by atoms with Crippen molar-refractivity contribution in [1.29, 1.82) is 0 Å². The van der Waals surface area contributed by atoms with Crippen molar-refractivity contribution in [2.75, 3.05) is 20.3 Å². The van der Waals surface area contributed by atoms with Crippen molar-refractivity contribution in [1.82, 2.24) is 4.90 Å². The summed E-state index contributed by atoms with van der Waals surface area (Å²) in [7, 11) is 1.71. The number of methoxy groups -OCH3 is 1. The Labute approximate surface area is 128 Å². The second kappa shape index (κ2) is 7.60. The normalized spacial score (nSPS) is 21.8. The Morgan fingerprint density at radius 1 is 1.33 bits per heavy atom. The molecule has 1 saturated heterocycles. The van der Waals surface area contributed by atoms with Gasteiger partial charge >= 0.3 is 0 Å². The van der Waals surface area contributed by atoms with Gasteiger partial charge in [0.25, 0.3) is 0 Å². The number of hydrogen-bond acceptors (Lipinski definition) is 2. The predicted molar refractivity (Wildman–Crippen MR) is 85.4 cm³/mol. The van der Waals surface area contributed by atoms with Gasteiger partial charge in [0, 0.05) is 38.6 Å². The van der Waals surface area contributed by atoms with Crippen molar-refractivity contribution in [2.24, 2.45) is 0 Å². The molecule has 1 amide bonds. The van der Waals surface area contributed by atoms with E-state index in [1.807, 2.05) is 0 Å². The summed E-state index contributed by atoms with van der Waals surface area (Å²) in [6.07, 6.45) is 3.61. The van der Waals surface area contributed by atoms with Crippen LogP contribution in [0.25, 0.3) is 0 Å². The van der Waals surface area contributed by atoms with Gasteiger partial charge < -0.3 is 9.64 Å². The summed E-state index contributed by atoms with van der Waals surface area (Å²) in [6, 6.07) is 8.90. The van der Waals surface area contributed by atoms with E-state index in [1.165, 1.54) is 11.1 Å². The third kappa shape index (κ3) is 4.07. The first-order chi connectivity index (χ1) is 10.1. The highest BCUT2D eigenvalue weighted by Gasteiger charge is 2.33. The zero-order valence-corrected chi connectivity index (χ0v) is 13.5. The molecule has 0 aromatic heterocycles. The van der Waals surface area contributed by atoms with E-state index in [0.29, 0.717) is 24.3 Å². The molecule has 3 heteroatoms. The van der Waals surface area contributed by atoms with Crippen LogP contribution in [0, 0.1) is 6.92 Å². The number of likely N-dealkylation sites (tertiary alicyclic amines) is 1. The van der Waals surface area contributed by atoms with Gasteiger partial charge in [-0.2, -0.15) is 0 Å². The Morgan fingerprint density at radius 2 is 2.10 bits per heavy atom. The number of carbonyl (C=O) groups excluding carboxylic acids is 1. The standard InChI is InChI=1S/C18H27NO2/c1-14-8-4-5-9-17(14)16-12-15(2)19(13-16)18(20)10-6-7-11-21-3/h4-5,8-9,15-16H,6-7,10-13H2,1-3H3/t15-,16+/m1/s1. The van der Waals surface area contributed by atoms with Crippen molar-refractivity contribution in [3.8, 4) is 0 Å². The Balaban J connectivity index is 1.92. The van der Waals surface area contributed by atoms with Crippen LogP contribution >= 0.6 is 0 Å². The van der Waals surface area contributed by atoms with E-state index in [1.54, 1.807) is 7.11 Å². The molecule has 1 heterocycles. The predicted octanol–water partition coefficient (Wildman–Crippen LogP) is 3.52. The van der Waals surface area contributed by atoms with E-state index in [0.717, 1.165) is 32.4 Å². The molecule has 0 aliphatic carbocycles. The van der Waals surface area contributed by atoms with Gasteiger partial charge in [0.2, 0.25) is 5.91 Å². The fraction of sp³-hybridized carbons (Fsp3) is 0.611. The Morgan fingerprint density at radius 3 is 2.81 bits per heavy atom. The maximum Gasteiger partial charge on any atom is 0.222 e. The van der Waals surface area contributed by atoms with Crippen LogP contribution in [0.3, 0.4) is 0 Å². The summed E-state index contributed by atoms with van der Waals surface area (Å²) >= 11 is 0. The number of aryl methyl sites for hydroxylation is 1. The van der Waals surface area contributed by atoms with E-state index in [4.69, 9.17) is 4.74 Å². The van der Waals surface area contributed by atoms with E-state index in [-0.39, 0.29) is 0 Å². The summed E-state index contributed by atoms with van der Waals surface area (Å²) in [5, 5.41) is 0. The van der Waals surface area contributed by atoms with Gasteiger partial charge in [0.15, 0.2) is 0 Å². The van der Waals surface area contributed by atoms with Crippen LogP contribution in [0.2, 0.25) is 0 Å². The van der Waals surface area contributed by atoms with Crippen molar-refractivity contribution in [2.45, 2.75) is 51.5 Å². The smallest absolute Gasteiger partial charge is 0.222 e. The van der Waals surface area contributed by atoms with Crippen LogP contribution in [0.15, 0.2) is 24.3 Å². The van der Waals surface area contributed by atoms with Crippen molar-refractivity contribution in [3.63, 3.8) is 0 Å². The van der Waals surface area contributed by atoms with E-state index in [9.17, 15) is 4.79 Å². The first kappa shape index (κ1) is 16.0. The van der Waals surface area contributed by atoms with Crippen LogP contribution in [0.4, 0.5) is 0 Å². The van der Waals surface area contributed by atoms with Crippen molar-refractivity contribution in [3.05, 3.63) is 35.4 Å². The van der Waals surface area contributed by atoms with E-state index in [2.05, 4.69) is 43.0 Å². The lowest BCUT2D eigenvalue weighted by Gasteiger charge is -2.21. The minimum Gasteiger partial charge on any atom is -0.385 e. The third-order valence-electron chi connectivity index (χ3n) is 4.51. The van der Waals surface area contributed by atoms with Crippen LogP contribution in [-0.2, 0) is 9.53 Å². The van der Waals surface area contributed by atoms with Gasteiger partial charge in [0.05, 0.1) is 0 Å². The molecule has 0 saturated carbocycles.